The zero-order chi connectivity index (χ0) is 17.5. The van der Waals surface area contributed by atoms with E-state index in [9.17, 15) is 9.59 Å². The lowest BCUT2D eigenvalue weighted by atomic mass is 10.1. The third kappa shape index (κ3) is 6.59. The number of amides is 2. The molecule has 0 aliphatic heterocycles. The molecule has 0 unspecified atom stereocenters. The molecule has 23 heavy (non-hydrogen) atoms. The van der Waals surface area contributed by atoms with Gasteiger partial charge in [0.1, 0.15) is 24.7 Å². The molecule has 128 valence electrons. The van der Waals surface area contributed by atoms with Crippen LogP contribution in [0.15, 0.2) is 24.3 Å². The van der Waals surface area contributed by atoms with Gasteiger partial charge in [0.2, 0.25) is 11.8 Å². The molecule has 0 bridgehead atoms. The lowest BCUT2D eigenvalue weighted by molar-refractivity contribution is -0.138. The minimum absolute atomic E-state index is 0.0430. The molecule has 1 N–H and O–H groups in total. The van der Waals surface area contributed by atoms with Crippen LogP contribution in [0, 0.1) is 0 Å². The summed E-state index contributed by atoms with van der Waals surface area (Å²) in [4.78, 5) is 25.1. The molecule has 6 nitrogen and oxygen atoms in total. The number of nitrogens with zero attached hydrogens (tertiary/aromatic N) is 1. The summed E-state index contributed by atoms with van der Waals surface area (Å²) in [5.74, 6) is 1.15. The van der Waals surface area contributed by atoms with Crippen molar-refractivity contribution in [2.24, 2.45) is 0 Å². The number of methoxy groups -OCH3 is 1. The van der Waals surface area contributed by atoms with Gasteiger partial charge in [-0.2, -0.15) is 0 Å². The Morgan fingerprint density at radius 3 is 2.17 bits per heavy atom. The fourth-order valence-electron chi connectivity index (χ4n) is 2.05. The van der Waals surface area contributed by atoms with Crippen molar-refractivity contribution in [1.82, 2.24) is 10.2 Å². The van der Waals surface area contributed by atoms with Gasteiger partial charge in [0.15, 0.2) is 0 Å². The van der Waals surface area contributed by atoms with Crippen LogP contribution in [0.4, 0.5) is 0 Å². The predicted octanol–water partition coefficient (Wildman–Crippen LogP) is 1.84. The topological polar surface area (TPSA) is 67.9 Å². The van der Waals surface area contributed by atoms with Gasteiger partial charge in [0, 0.05) is 12.5 Å². The Kier molecular flexibility index (Phi) is 6.88. The molecule has 0 aliphatic carbocycles. The molecule has 0 atom stereocenters. The van der Waals surface area contributed by atoms with Crippen molar-refractivity contribution in [2.75, 3.05) is 26.8 Å². The van der Waals surface area contributed by atoms with Crippen LogP contribution in [0.2, 0.25) is 0 Å². The zero-order valence-corrected chi connectivity index (χ0v) is 14.5. The van der Waals surface area contributed by atoms with Gasteiger partial charge in [-0.05, 0) is 45.0 Å². The summed E-state index contributed by atoms with van der Waals surface area (Å²) in [6, 6.07) is 7.22. The normalized spacial score (nSPS) is 10.8. The maximum atomic E-state index is 11.9. The number of ether oxygens (including phenoxy) is 2. The van der Waals surface area contributed by atoms with Crippen LogP contribution < -0.4 is 14.8 Å². The summed E-state index contributed by atoms with van der Waals surface area (Å²) in [7, 11) is 1.60. The van der Waals surface area contributed by atoms with Crippen molar-refractivity contribution in [3.8, 4) is 11.5 Å². The standard InChI is InChI=1S/C17H26N2O4/c1-13(20)19(17(2,3)4)12-16(21)18-10-11-23-15-8-6-14(22-5)7-9-15/h6-9H,10-12H2,1-5H3,(H,18,21). The van der Waals surface area contributed by atoms with Crippen molar-refractivity contribution in [3.63, 3.8) is 0 Å². The average Bonchev–Trinajstić information content (AvgIpc) is 2.48. The molecular weight excluding hydrogens is 296 g/mol. The van der Waals surface area contributed by atoms with Crippen LogP contribution in [0.5, 0.6) is 11.5 Å². The first-order valence-electron chi connectivity index (χ1n) is 7.56. The summed E-state index contributed by atoms with van der Waals surface area (Å²) in [5, 5.41) is 2.75. The lowest BCUT2D eigenvalue weighted by Gasteiger charge is -2.34. The molecule has 1 rings (SSSR count). The van der Waals surface area contributed by atoms with Gasteiger partial charge in [-0.15, -0.1) is 0 Å². The second-order valence-corrected chi connectivity index (χ2v) is 6.15. The first kappa shape index (κ1) is 18.8. The number of benzene rings is 1. The van der Waals surface area contributed by atoms with Gasteiger partial charge in [0.25, 0.3) is 0 Å². The van der Waals surface area contributed by atoms with Crippen LogP contribution in [-0.2, 0) is 9.59 Å². The highest BCUT2D eigenvalue weighted by Gasteiger charge is 2.25. The van der Waals surface area contributed by atoms with Crippen molar-refractivity contribution in [2.45, 2.75) is 33.2 Å². The number of carbonyl (C=O) groups is 2. The highest BCUT2D eigenvalue weighted by atomic mass is 16.5. The van der Waals surface area contributed by atoms with Crippen molar-refractivity contribution >= 4 is 11.8 Å². The Hall–Kier alpha value is -2.24. The number of rotatable bonds is 7. The maximum absolute atomic E-state index is 11.9. The molecular formula is C17H26N2O4. The molecule has 0 heterocycles. The van der Waals surface area contributed by atoms with Crippen LogP contribution >= 0.6 is 0 Å². The maximum Gasteiger partial charge on any atom is 0.239 e. The van der Waals surface area contributed by atoms with Crippen molar-refractivity contribution in [1.29, 1.82) is 0 Å². The van der Waals surface area contributed by atoms with E-state index < -0.39 is 0 Å². The number of hydrogen-bond acceptors (Lipinski definition) is 4. The van der Waals surface area contributed by atoms with Crippen molar-refractivity contribution < 1.29 is 19.1 Å². The fourth-order valence-corrected chi connectivity index (χ4v) is 2.05. The quantitative estimate of drug-likeness (QED) is 0.778. The third-order valence-electron chi connectivity index (χ3n) is 3.24. The Balaban J connectivity index is 2.34. The second-order valence-electron chi connectivity index (χ2n) is 6.15. The predicted molar refractivity (Wildman–Crippen MR) is 88.6 cm³/mol. The minimum atomic E-state index is -0.386. The molecule has 1 aromatic carbocycles. The van der Waals surface area contributed by atoms with E-state index in [-0.39, 0.29) is 23.9 Å². The Bertz CT molecular complexity index is 520. The van der Waals surface area contributed by atoms with Crippen molar-refractivity contribution in [3.05, 3.63) is 24.3 Å². The lowest BCUT2D eigenvalue weighted by Crippen LogP contribution is -2.49. The molecule has 2 amide bonds. The minimum Gasteiger partial charge on any atom is -0.497 e. The van der Waals surface area contributed by atoms with E-state index >= 15 is 0 Å². The van der Waals surface area contributed by atoms with Crippen LogP contribution in [0.25, 0.3) is 0 Å². The molecule has 0 aromatic heterocycles. The summed E-state index contributed by atoms with van der Waals surface area (Å²) in [6.45, 7) is 7.93. The van der Waals surface area contributed by atoms with E-state index in [1.54, 1.807) is 19.2 Å². The molecule has 0 radical (unpaired) electrons. The summed E-state index contributed by atoms with van der Waals surface area (Å²) >= 11 is 0. The molecule has 0 saturated carbocycles. The zero-order valence-electron chi connectivity index (χ0n) is 14.5. The molecule has 0 aliphatic rings. The molecule has 0 saturated heterocycles. The Morgan fingerprint density at radius 1 is 1.13 bits per heavy atom. The first-order chi connectivity index (χ1) is 10.7. The van der Waals surface area contributed by atoms with Gasteiger partial charge in [0.05, 0.1) is 13.7 Å². The largest absolute Gasteiger partial charge is 0.497 e. The van der Waals surface area contributed by atoms with Gasteiger partial charge >= 0.3 is 0 Å². The SMILES string of the molecule is COc1ccc(OCCNC(=O)CN(C(C)=O)C(C)(C)C)cc1. The third-order valence-corrected chi connectivity index (χ3v) is 3.24. The Labute approximate surface area is 137 Å². The molecule has 6 heteroatoms. The summed E-state index contributed by atoms with van der Waals surface area (Å²) in [6.07, 6.45) is 0. The summed E-state index contributed by atoms with van der Waals surface area (Å²) in [5.41, 5.74) is -0.386. The highest BCUT2D eigenvalue weighted by Crippen LogP contribution is 2.16. The Morgan fingerprint density at radius 2 is 1.70 bits per heavy atom. The van der Waals surface area contributed by atoms with Gasteiger partial charge < -0.3 is 19.7 Å². The number of hydrogen-bond donors (Lipinski definition) is 1. The van der Waals surface area contributed by atoms with E-state index in [0.29, 0.717) is 18.9 Å². The number of carbonyl (C=O) groups excluding carboxylic acids is 2. The van der Waals surface area contributed by atoms with E-state index in [1.165, 1.54) is 11.8 Å². The first-order valence-corrected chi connectivity index (χ1v) is 7.56. The van der Waals surface area contributed by atoms with E-state index in [0.717, 1.165) is 5.75 Å². The highest BCUT2D eigenvalue weighted by molar-refractivity contribution is 5.84. The van der Waals surface area contributed by atoms with Crippen LogP contribution in [-0.4, -0.2) is 49.1 Å². The fraction of sp³-hybridized carbons (Fsp3) is 0.529. The second kappa shape index (κ2) is 8.41. The van der Waals surface area contributed by atoms with Gasteiger partial charge in [-0.3, -0.25) is 9.59 Å². The van der Waals surface area contributed by atoms with Crippen LogP contribution in [0.3, 0.4) is 0 Å². The average molecular weight is 322 g/mol. The number of nitrogens with one attached hydrogen (secondary N) is 1. The van der Waals surface area contributed by atoms with Gasteiger partial charge in [-0.1, -0.05) is 0 Å². The molecule has 0 spiro atoms. The van der Waals surface area contributed by atoms with Gasteiger partial charge in [-0.25, -0.2) is 0 Å². The van der Waals surface area contributed by atoms with E-state index in [4.69, 9.17) is 9.47 Å². The van der Waals surface area contributed by atoms with E-state index in [2.05, 4.69) is 5.32 Å². The van der Waals surface area contributed by atoms with E-state index in [1.807, 2.05) is 32.9 Å². The smallest absolute Gasteiger partial charge is 0.239 e. The molecule has 0 fully saturated rings. The van der Waals surface area contributed by atoms with Crippen LogP contribution in [0.1, 0.15) is 27.7 Å². The monoisotopic (exact) mass is 322 g/mol. The molecule has 1 aromatic rings. The summed E-state index contributed by atoms with van der Waals surface area (Å²) < 4.78 is 10.6.